The Morgan fingerprint density at radius 3 is 2.17 bits per heavy atom. The molecule has 0 heterocycles. The van der Waals surface area contributed by atoms with Crippen LogP contribution in [0.1, 0.15) is 53.9 Å². The summed E-state index contributed by atoms with van der Waals surface area (Å²) in [4.78, 5) is 0. The van der Waals surface area contributed by atoms with Gasteiger partial charge in [0, 0.05) is 13.7 Å². The van der Waals surface area contributed by atoms with Gasteiger partial charge < -0.3 is 28.9 Å². The molecule has 0 aliphatic rings. The van der Waals surface area contributed by atoms with Crippen LogP contribution >= 0.6 is 0 Å². The van der Waals surface area contributed by atoms with E-state index in [4.69, 9.17) is 23.7 Å². The Morgan fingerprint density at radius 1 is 1.09 bits per heavy atom. The molecule has 0 amide bonds. The van der Waals surface area contributed by atoms with E-state index < -0.39 is 12.3 Å². The lowest BCUT2D eigenvalue weighted by molar-refractivity contribution is -0.352. The van der Waals surface area contributed by atoms with Crippen LogP contribution in [0.2, 0.25) is 0 Å². The molecular weight excluding hydrogens is 302 g/mol. The van der Waals surface area contributed by atoms with E-state index in [0.717, 1.165) is 19.3 Å². The first-order valence-electron chi connectivity index (χ1n) is 8.33. The fraction of sp³-hybridized carbons (Fsp3) is 0.938. The summed E-state index contributed by atoms with van der Waals surface area (Å²) in [5.41, 5.74) is 0.0140. The molecule has 0 aromatic rings. The van der Waals surface area contributed by atoms with E-state index >= 15 is 0 Å². The lowest BCUT2D eigenvalue weighted by Crippen LogP contribution is -2.54. The fourth-order valence-corrected chi connectivity index (χ4v) is 1.88. The minimum absolute atomic E-state index is 0.0140. The highest BCUT2D eigenvalue weighted by Gasteiger charge is 2.46. The van der Waals surface area contributed by atoms with Crippen molar-refractivity contribution >= 4 is 5.71 Å². The summed E-state index contributed by atoms with van der Waals surface area (Å²) >= 11 is 0. The normalized spacial score (nSPS) is 16.6. The van der Waals surface area contributed by atoms with Crippen LogP contribution in [0.25, 0.3) is 0 Å². The largest absolute Gasteiger partial charge is 0.411 e. The van der Waals surface area contributed by atoms with Crippen LogP contribution in [0.4, 0.5) is 0 Å². The van der Waals surface area contributed by atoms with E-state index in [-0.39, 0.29) is 11.8 Å². The number of ether oxygens (including phenoxy) is 5. The molecule has 0 aromatic heterocycles. The maximum absolute atomic E-state index is 9.55. The van der Waals surface area contributed by atoms with E-state index in [2.05, 4.69) is 12.1 Å². The number of rotatable bonds is 14. The lowest BCUT2D eigenvalue weighted by atomic mass is 10.2. The molecule has 0 rings (SSSR count). The molecule has 23 heavy (non-hydrogen) atoms. The van der Waals surface area contributed by atoms with Gasteiger partial charge in [-0.15, -0.1) is 0 Å². The SMILES string of the molecule is CCCCOC(OCCC)(OC(C)C)C(=NO)C(OC)OCC. The van der Waals surface area contributed by atoms with Gasteiger partial charge in [0.25, 0.3) is 0 Å². The molecule has 0 aromatic carbocycles. The fourth-order valence-electron chi connectivity index (χ4n) is 1.88. The van der Waals surface area contributed by atoms with E-state index in [9.17, 15) is 5.21 Å². The number of hydrogen-bond acceptors (Lipinski definition) is 7. The van der Waals surface area contributed by atoms with Crippen LogP contribution in [-0.4, -0.2) is 56.2 Å². The Labute approximate surface area is 139 Å². The molecule has 0 saturated carbocycles. The van der Waals surface area contributed by atoms with Crippen molar-refractivity contribution in [3.05, 3.63) is 0 Å². The number of hydrogen-bond donors (Lipinski definition) is 1. The zero-order chi connectivity index (χ0) is 17.7. The highest BCUT2D eigenvalue weighted by molar-refractivity contribution is 5.92. The number of unbranched alkanes of at least 4 members (excludes halogenated alkanes) is 1. The Balaban J connectivity index is 5.58. The number of methoxy groups -OCH3 is 1. The van der Waals surface area contributed by atoms with E-state index in [1.807, 2.05) is 27.7 Å². The standard InChI is InChI=1S/C16H33NO6/c1-7-10-12-22-16(21-11-8-2,23-13(4)5)14(17-18)15(19-6)20-9-3/h13,15,18H,7-12H2,1-6H3. The van der Waals surface area contributed by atoms with Crippen molar-refractivity contribution in [2.24, 2.45) is 5.16 Å². The van der Waals surface area contributed by atoms with Crippen LogP contribution in [0.5, 0.6) is 0 Å². The van der Waals surface area contributed by atoms with Gasteiger partial charge in [0.05, 0.1) is 19.3 Å². The Kier molecular flexibility index (Phi) is 12.3. The van der Waals surface area contributed by atoms with Crippen molar-refractivity contribution in [2.45, 2.75) is 72.2 Å². The first-order chi connectivity index (χ1) is 11.0. The van der Waals surface area contributed by atoms with Crippen molar-refractivity contribution < 1.29 is 28.9 Å². The average Bonchev–Trinajstić information content (AvgIpc) is 2.52. The monoisotopic (exact) mass is 335 g/mol. The Bertz CT molecular complexity index is 324. The van der Waals surface area contributed by atoms with Gasteiger partial charge in [0.1, 0.15) is 0 Å². The molecule has 0 bridgehead atoms. The second kappa shape index (κ2) is 12.7. The molecule has 0 saturated heterocycles. The van der Waals surface area contributed by atoms with Crippen molar-refractivity contribution in [3.8, 4) is 0 Å². The van der Waals surface area contributed by atoms with Gasteiger partial charge in [-0.25, -0.2) is 0 Å². The Hall–Kier alpha value is -0.730. The highest BCUT2D eigenvalue weighted by Crippen LogP contribution is 2.25. The maximum atomic E-state index is 9.55. The van der Waals surface area contributed by atoms with Crippen molar-refractivity contribution in [3.63, 3.8) is 0 Å². The first kappa shape index (κ1) is 22.3. The lowest BCUT2D eigenvalue weighted by Gasteiger charge is -2.36. The van der Waals surface area contributed by atoms with Crippen molar-refractivity contribution in [1.82, 2.24) is 0 Å². The predicted octanol–water partition coefficient (Wildman–Crippen LogP) is 3.15. The first-order valence-corrected chi connectivity index (χ1v) is 8.33. The van der Waals surface area contributed by atoms with Gasteiger partial charge in [-0.3, -0.25) is 0 Å². The third-order valence-electron chi connectivity index (χ3n) is 2.85. The van der Waals surface area contributed by atoms with Crippen LogP contribution < -0.4 is 0 Å². The Morgan fingerprint density at radius 2 is 1.74 bits per heavy atom. The molecule has 7 heteroatoms. The predicted molar refractivity (Wildman–Crippen MR) is 87.7 cm³/mol. The minimum atomic E-state index is -1.63. The van der Waals surface area contributed by atoms with Crippen molar-refractivity contribution in [2.75, 3.05) is 26.9 Å². The van der Waals surface area contributed by atoms with E-state index in [0.29, 0.717) is 19.8 Å². The average molecular weight is 335 g/mol. The minimum Gasteiger partial charge on any atom is -0.411 e. The highest BCUT2D eigenvalue weighted by atomic mass is 16.9. The molecule has 2 atom stereocenters. The van der Waals surface area contributed by atoms with Crippen LogP contribution in [-0.2, 0) is 23.7 Å². The molecule has 0 spiro atoms. The van der Waals surface area contributed by atoms with E-state index in [1.165, 1.54) is 7.11 Å². The van der Waals surface area contributed by atoms with Gasteiger partial charge in [-0.2, -0.15) is 0 Å². The molecule has 0 fully saturated rings. The molecule has 0 radical (unpaired) electrons. The summed E-state index contributed by atoms with van der Waals surface area (Å²) in [6, 6.07) is 0. The smallest absolute Gasteiger partial charge is 0.334 e. The molecule has 2 unspecified atom stereocenters. The summed E-state index contributed by atoms with van der Waals surface area (Å²) in [6.07, 6.45) is 1.39. The van der Waals surface area contributed by atoms with Gasteiger partial charge >= 0.3 is 5.97 Å². The zero-order valence-electron chi connectivity index (χ0n) is 15.3. The van der Waals surface area contributed by atoms with Gasteiger partial charge in [-0.1, -0.05) is 25.4 Å². The molecule has 138 valence electrons. The van der Waals surface area contributed by atoms with Crippen LogP contribution in [0.15, 0.2) is 5.16 Å². The quantitative estimate of drug-likeness (QED) is 0.173. The summed E-state index contributed by atoms with van der Waals surface area (Å²) in [5.74, 6) is -1.63. The summed E-state index contributed by atoms with van der Waals surface area (Å²) < 4.78 is 28.3. The van der Waals surface area contributed by atoms with Crippen LogP contribution in [0.3, 0.4) is 0 Å². The summed E-state index contributed by atoms with van der Waals surface area (Å²) in [6.45, 7) is 10.7. The second-order valence-corrected chi connectivity index (χ2v) is 5.28. The topological polar surface area (TPSA) is 78.7 Å². The zero-order valence-corrected chi connectivity index (χ0v) is 15.3. The summed E-state index contributed by atoms with van der Waals surface area (Å²) in [7, 11) is 1.46. The van der Waals surface area contributed by atoms with Gasteiger partial charge in [0.2, 0.25) is 12.0 Å². The van der Waals surface area contributed by atoms with Crippen LogP contribution in [0, 0.1) is 0 Å². The number of nitrogens with zero attached hydrogens (tertiary/aromatic N) is 1. The van der Waals surface area contributed by atoms with Gasteiger partial charge in [0.15, 0.2) is 0 Å². The molecule has 0 aliphatic heterocycles. The second-order valence-electron chi connectivity index (χ2n) is 5.28. The number of oxime groups is 1. The third-order valence-corrected chi connectivity index (χ3v) is 2.85. The molecule has 1 N–H and O–H groups in total. The van der Waals surface area contributed by atoms with Gasteiger partial charge in [-0.05, 0) is 33.6 Å². The molecule has 7 nitrogen and oxygen atoms in total. The van der Waals surface area contributed by atoms with E-state index in [1.54, 1.807) is 0 Å². The maximum Gasteiger partial charge on any atom is 0.334 e. The van der Waals surface area contributed by atoms with Crippen molar-refractivity contribution in [1.29, 1.82) is 0 Å². The molecular formula is C16H33NO6. The third kappa shape index (κ3) is 7.58. The summed E-state index contributed by atoms with van der Waals surface area (Å²) in [5, 5.41) is 12.9. The molecule has 0 aliphatic carbocycles.